The second kappa shape index (κ2) is 5.91. The van der Waals surface area contributed by atoms with E-state index in [-0.39, 0.29) is 6.54 Å². The first kappa shape index (κ1) is 12.2. The van der Waals surface area contributed by atoms with Gasteiger partial charge in [0.25, 0.3) is 0 Å². The lowest BCUT2D eigenvalue weighted by atomic mass is 9.99. The van der Waals surface area contributed by atoms with Gasteiger partial charge < -0.3 is 5.11 Å². The molecular weight excluding hydrogens is 190 g/mol. The van der Waals surface area contributed by atoms with Gasteiger partial charge in [-0.2, -0.15) is 0 Å². The van der Waals surface area contributed by atoms with Crippen molar-refractivity contribution in [2.75, 3.05) is 13.1 Å². The summed E-state index contributed by atoms with van der Waals surface area (Å²) in [6.45, 7) is 6.72. The van der Waals surface area contributed by atoms with Gasteiger partial charge in [-0.05, 0) is 18.8 Å². The predicted octanol–water partition coefficient (Wildman–Crippen LogP) is 2.14. The van der Waals surface area contributed by atoms with Crippen molar-refractivity contribution in [1.29, 1.82) is 0 Å². The van der Waals surface area contributed by atoms with Gasteiger partial charge >= 0.3 is 5.97 Å². The Morgan fingerprint density at radius 2 is 2.33 bits per heavy atom. The fraction of sp³-hybridized carbons (Fsp3) is 0.750. The molecule has 1 aliphatic carbocycles. The monoisotopic (exact) mass is 211 g/mol. The molecule has 2 unspecified atom stereocenters. The molecule has 1 N–H and O–H groups in total. The van der Waals surface area contributed by atoms with Crippen LogP contribution < -0.4 is 0 Å². The average Bonchev–Trinajstić information content (AvgIpc) is 2.64. The lowest BCUT2D eigenvalue weighted by Crippen LogP contribution is -2.41. The number of hydrogen-bond acceptors (Lipinski definition) is 2. The topological polar surface area (TPSA) is 40.5 Å². The zero-order chi connectivity index (χ0) is 11.3. The SMILES string of the molecule is C=CCN(CC(=O)O)C1CCCC1CC. The van der Waals surface area contributed by atoms with E-state index in [1.54, 1.807) is 6.08 Å². The molecule has 0 bridgehead atoms. The zero-order valence-corrected chi connectivity index (χ0v) is 9.48. The summed E-state index contributed by atoms with van der Waals surface area (Å²) >= 11 is 0. The molecule has 3 nitrogen and oxygen atoms in total. The van der Waals surface area contributed by atoms with E-state index in [1.807, 2.05) is 0 Å². The van der Waals surface area contributed by atoms with E-state index in [9.17, 15) is 4.79 Å². The first-order valence-electron chi connectivity index (χ1n) is 5.75. The Labute approximate surface area is 91.8 Å². The van der Waals surface area contributed by atoms with Gasteiger partial charge in [0.05, 0.1) is 6.54 Å². The second-order valence-electron chi connectivity index (χ2n) is 4.28. The van der Waals surface area contributed by atoms with Crippen LogP contribution in [0.25, 0.3) is 0 Å². The molecule has 0 aromatic rings. The van der Waals surface area contributed by atoms with Crippen molar-refractivity contribution in [3.05, 3.63) is 12.7 Å². The minimum absolute atomic E-state index is 0.146. The zero-order valence-electron chi connectivity index (χ0n) is 9.48. The molecule has 0 amide bonds. The third-order valence-electron chi connectivity index (χ3n) is 3.31. The summed E-state index contributed by atoms with van der Waals surface area (Å²) in [5.74, 6) is -0.0668. The predicted molar refractivity (Wildman–Crippen MR) is 60.8 cm³/mol. The fourth-order valence-corrected chi connectivity index (χ4v) is 2.63. The van der Waals surface area contributed by atoms with E-state index >= 15 is 0 Å². The maximum absolute atomic E-state index is 10.8. The van der Waals surface area contributed by atoms with E-state index in [2.05, 4.69) is 18.4 Å². The molecule has 86 valence electrons. The van der Waals surface area contributed by atoms with Gasteiger partial charge in [0.1, 0.15) is 0 Å². The number of carboxylic acid groups (broad SMARTS) is 1. The highest BCUT2D eigenvalue weighted by molar-refractivity contribution is 5.69. The summed E-state index contributed by atoms with van der Waals surface area (Å²) in [5, 5.41) is 8.85. The van der Waals surface area contributed by atoms with Gasteiger partial charge in [-0.15, -0.1) is 6.58 Å². The van der Waals surface area contributed by atoms with E-state index in [0.717, 1.165) is 12.8 Å². The third kappa shape index (κ3) is 3.34. The van der Waals surface area contributed by atoms with Crippen molar-refractivity contribution in [1.82, 2.24) is 4.90 Å². The van der Waals surface area contributed by atoms with Crippen LogP contribution in [0.3, 0.4) is 0 Å². The van der Waals surface area contributed by atoms with Crippen LogP contribution in [-0.2, 0) is 4.79 Å². The van der Waals surface area contributed by atoms with Crippen molar-refractivity contribution in [3.63, 3.8) is 0 Å². The maximum Gasteiger partial charge on any atom is 0.317 e. The molecule has 0 radical (unpaired) electrons. The summed E-state index contributed by atoms with van der Waals surface area (Å²) in [4.78, 5) is 12.8. The number of nitrogens with zero attached hydrogens (tertiary/aromatic N) is 1. The van der Waals surface area contributed by atoms with E-state index in [0.29, 0.717) is 18.5 Å². The van der Waals surface area contributed by atoms with Crippen LogP contribution in [0.2, 0.25) is 0 Å². The number of aliphatic carboxylic acids is 1. The van der Waals surface area contributed by atoms with Gasteiger partial charge in [-0.3, -0.25) is 9.69 Å². The molecule has 3 heteroatoms. The highest BCUT2D eigenvalue weighted by Gasteiger charge is 2.31. The highest BCUT2D eigenvalue weighted by Crippen LogP contribution is 2.31. The van der Waals surface area contributed by atoms with Crippen molar-refractivity contribution >= 4 is 5.97 Å². The summed E-state index contributed by atoms with van der Waals surface area (Å²) < 4.78 is 0. The van der Waals surface area contributed by atoms with E-state index in [4.69, 9.17) is 5.11 Å². The summed E-state index contributed by atoms with van der Waals surface area (Å²) in [7, 11) is 0. The van der Waals surface area contributed by atoms with Gasteiger partial charge in [-0.25, -0.2) is 0 Å². The van der Waals surface area contributed by atoms with E-state index < -0.39 is 5.97 Å². The number of rotatable bonds is 6. The smallest absolute Gasteiger partial charge is 0.317 e. The van der Waals surface area contributed by atoms with Gasteiger partial charge in [0.2, 0.25) is 0 Å². The molecule has 1 aliphatic rings. The summed E-state index contributed by atoms with van der Waals surface area (Å²) in [6, 6.07) is 0.448. The maximum atomic E-state index is 10.8. The minimum atomic E-state index is -0.737. The Balaban J connectivity index is 2.60. The van der Waals surface area contributed by atoms with Crippen LogP contribution in [0, 0.1) is 5.92 Å². The van der Waals surface area contributed by atoms with Gasteiger partial charge in [0.15, 0.2) is 0 Å². The van der Waals surface area contributed by atoms with Crippen LogP contribution >= 0.6 is 0 Å². The number of hydrogen-bond donors (Lipinski definition) is 1. The minimum Gasteiger partial charge on any atom is -0.480 e. The molecule has 0 aliphatic heterocycles. The Morgan fingerprint density at radius 3 is 2.87 bits per heavy atom. The average molecular weight is 211 g/mol. The third-order valence-corrected chi connectivity index (χ3v) is 3.31. The number of carboxylic acids is 1. The number of carbonyl (C=O) groups is 1. The van der Waals surface area contributed by atoms with Crippen LogP contribution in [-0.4, -0.2) is 35.1 Å². The summed E-state index contributed by atoms with van der Waals surface area (Å²) in [6.07, 6.45) is 6.57. The van der Waals surface area contributed by atoms with Crippen molar-refractivity contribution in [2.45, 2.75) is 38.6 Å². The van der Waals surface area contributed by atoms with Crippen LogP contribution in [0.1, 0.15) is 32.6 Å². The Hall–Kier alpha value is -0.830. The van der Waals surface area contributed by atoms with Crippen LogP contribution in [0.15, 0.2) is 12.7 Å². The normalized spacial score (nSPS) is 25.7. The molecule has 0 aromatic heterocycles. The quantitative estimate of drug-likeness (QED) is 0.684. The highest BCUT2D eigenvalue weighted by atomic mass is 16.4. The van der Waals surface area contributed by atoms with Crippen LogP contribution in [0.4, 0.5) is 0 Å². The Morgan fingerprint density at radius 1 is 1.60 bits per heavy atom. The van der Waals surface area contributed by atoms with Gasteiger partial charge in [-0.1, -0.05) is 25.8 Å². The lowest BCUT2D eigenvalue weighted by molar-refractivity contribution is -0.139. The molecule has 0 spiro atoms. The molecule has 0 heterocycles. The van der Waals surface area contributed by atoms with Crippen LogP contribution in [0.5, 0.6) is 0 Å². The molecule has 1 saturated carbocycles. The Kier molecular flexibility index (Phi) is 4.82. The molecule has 0 aromatic carbocycles. The Bertz CT molecular complexity index is 228. The molecule has 1 rings (SSSR count). The first-order chi connectivity index (χ1) is 7.19. The van der Waals surface area contributed by atoms with E-state index in [1.165, 1.54) is 12.8 Å². The largest absolute Gasteiger partial charge is 0.480 e. The second-order valence-corrected chi connectivity index (χ2v) is 4.28. The molecule has 1 fully saturated rings. The standard InChI is InChI=1S/C12H21NO2/c1-3-8-13(9-12(14)15)11-7-5-6-10(11)4-2/h3,10-11H,1,4-9H2,2H3,(H,14,15). The molecule has 15 heavy (non-hydrogen) atoms. The molecule has 0 saturated heterocycles. The van der Waals surface area contributed by atoms with Crippen molar-refractivity contribution in [3.8, 4) is 0 Å². The van der Waals surface area contributed by atoms with Crippen molar-refractivity contribution in [2.24, 2.45) is 5.92 Å². The van der Waals surface area contributed by atoms with Crippen molar-refractivity contribution < 1.29 is 9.90 Å². The molecule has 2 atom stereocenters. The van der Waals surface area contributed by atoms with Gasteiger partial charge in [0, 0.05) is 12.6 Å². The first-order valence-corrected chi connectivity index (χ1v) is 5.75. The lowest BCUT2D eigenvalue weighted by Gasteiger charge is -2.30. The fourth-order valence-electron chi connectivity index (χ4n) is 2.63. The summed E-state index contributed by atoms with van der Waals surface area (Å²) in [5.41, 5.74) is 0. The molecular formula is C12H21NO2.